The molecule has 1 N–H and O–H groups in total. The summed E-state index contributed by atoms with van der Waals surface area (Å²) in [5.74, 6) is -1.39. The molecule has 0 atom stereocenters. The molecule has 0 aliphatic heterocycles. The van der Waals surface area contributed by atoms with Crippen molar-refractivity contribution in [2.24, 2.45) is 0 Å². The maximum Gasteiger partial charge on any atom is 0.335 e. The number of rotatable bonds is 2. The van der Waals surface area contributed by atoms with Crippen LogP contribution in [0.25, 0.3) is 16.7 Å². The largest absolute Gasteiger partial charge is 0.478 e. The van der Waals surface area contributed by atoms with Crippen LogP contribution < -0.4 is 0 Å². The fourth-order valence-electron chi connectivity index (χ4n) is 1.86. The lowest BCUT2D eigenvalue weighted by molar-refractivity contribution is 0.0697. The van der Waals surface area contributed by atoms with Crippen molar-refractivity contribution < 1.29 is 14.3 Å². The lowest BCUT2D eigenvalue weighted by atomic mass is 10.2. The summed E-state index contributed by atoms with van der Waals surface area (Å²) >= 11 is 3.11. The van der Waals surface area contributed by atoms with E-state index in [1.165, 1.54) is 22.9 Å². The third-order valence-electron chi connectivity index (χ3n) is 2.84. The highest BCUT2D eigenvalue weighted by Gasteiger charge is 2.11. The van der Waals surface area contributed by atoms with Crippen molar-refractivity contribution in [3.8, 4) is 5.69 Å². The molecule has 1 aromatic heterocycles. The molecular weight excluding hydrogens is 329 g/mol. The van der Waals surface area contributed by atoms with Gasteiger partial charge < -0.3 is 5.11 Å². The fourth-order valence-corrected chi connectivity index (χ4v) is 2.23. The Morgan fingerprint density at radius 2 is 2.05 bits per heavy atom. The molecule has 0 spiro atoms. The van der Waals surface area contributed by atoms with Gasteiger partial charge in [-0.2, -0.15) is 0 Å². The molecule has 3 aromatic rings. The van der Waals surface area contributed by atoms with E-state index >= 15 is 0 Å². The SMILES string of the molecule is O=C(O)c1ccc2c(c1)nnn2-c1ccc(F)c(Br)c1. The minimum atomic E-state index is -1.02. The Morgan fingerprint density at radius 1 is 1.25 bits per heavy atom. The van der Waals surface area contributed by atoms with Crippen LogP contribution >= 0.6 is 15.9 Å². The summed E-state index contributed by atoms with van der Waals surface area (Å²) in [7, 11) is 0. The Balaban J connectivity index is 2.17. The molecular formula is C13H7BrFN3O2. The van der Waals surface area contributed by atoms with Gasteiger partial charge in [0.2, 0.25) is 0 Å². The zero-order valence-corrected chi connectivity index (χ0v) is 11.5. The van der Waals surface area contributed by atoms with E-state index in [1.54, 1.807) is 18.2 Å². The summed E-state index contributed by atoms with van der Waals surface area (Å²) in [4.78, 5) is 10.9. The van der Waals surface area contributed by atoms with Crippen molar-refractivity contribution in [1.82, 2.24) is 15.0 Å². The molecule has 0 fully saturated rings. The van der Waals surface area contributed by atoms with E-state index in [1.807, 2.05) is 0 Å². The van der Waals surface area contributed by atoms with Crippen LogP contribution in [0, 0.1) is 5.82 Å². The molecule has 0 radical (unpaired) electrons. The van der Waals surface area contributed by atoms with Crippen LogP contribution in [-0.4, -0.2) is 26.1 Å². The van der Waals surface area contributed by atoms with Gasteiger partial charge in [-0.05, 0) is 52.3 Å². The quantitative estimate of drug-likeness (QED) is 0.781. The predicted octanol–water partition coefficient (Wildman–Crippen LogP) is 3.02. The maximum absolute atomic E-state index is 13.2. The molecule has 3 rings (SSSR count). The van der Waals surface area contributed by atoms with E-state index in [9.17, 15) is 9.18 Å². The number of aromatic carboxylic acids is 1. The molecule has 0 aliphatic rings. The number of benzene rings is 2. The number of aromatic nitrogens is 3. The van der Waals surface area contributed by atoms with Crippen molar-refractivity contribution in [1.29, 1.82) is 0 Å². The second-order valence-corrected chi connectivity index (χ2v) is 4.96. The van der Waals surface area contributed by atoms with Gasteiger partial charge in [-0.3, -0.25) is 0 Å². The van der Waals surface area contributed by atoms with Crippen LogP contribution in [0.3, 0.4) is 0 Å². The van der Waals surface area contributed by atoms with Gasteiger partial charge in [-0.15, -0.1) is 5.10 Å². The van der Waals surface area contributed by atoms with Gasteiger partial charge in [-0.25, -0.2) is 13.9 Å². The minimum absolute atomic E-state index is 0.143. The molecule has 0 amide bonds. The number of halogens is 2. The molecule has 2 aromatic carbocycles. The van der Waals surface area contributed by atoms with Gasteiger partial charge in [0.1, 0.15) is 11.3 Å². The Kier molecular flexibility index (Phi) is 2.98. The van der Waals surface area contributed by atoms with E-state index in [4.69, 9.17) is 5.11 Å². The Morgan fingerprint density at radius 3 is 2.75 bits per heavy atom. The highest BCUT2D eigenvalue weighted by atomic mass is 79.9. The number of fused-ring (bicyclic) bond motifs is 1. The molecule has 0 saturated heterocycles. The summed E-state index contributed by atoms with van der Waals surface area (Å²) in [6, 6.07) is 9.01. The number of carboxylic acid groups (broad SMARTS) is 1. The average Bonchev–Trinajstić information content (AvgIpc) is 2.84. The maximum atomic E-state index is 13.2. The summed E-state index contributed by atoms with van der Waals surface area (Å²) in [6.07, 6.45) is 0. The third kappa shape index (κ3) is 2.05. The minimum Gasteiger partial charge on any atom is -0.478 e. The van der Waals surface area contributed by atoms with Gasteiger partial charge in [0.15, 0.2) is 0 Å². The van der Waals surface area contributed by atoms with Crippen LogP contribution in [0.15, 0.2) is 40.9 Å². The average molecular weight is 336 g/mol. The predicted molar refractivity (Wildman–Crippen MR) is 73.5 cm³/mol. The molecule has 100 valence electrons. The van der Waals surface area contributed by atoms with Crippen LogP contribution in [-0.2, 0) is 0 Å². The number of hydrogen-bond acceptors (Lipinski definition) is 3. The third-order valence-corrected chi connectivity index (χ3v) is 3.45. The van der Waals surface area contributed by atoms with Crippen molar-refractivity contribution in [3.63, 3.8) is 0 Å². The lowest BCUT2D eigenvalue weighted by Gasteiger charge is -2.03. The molecule has 0 aliphatic carbocycles. The molecule has 5 nitrogen and oxygen atoms in total. The lowest BCUT2D eigenvalue weighted by Crippen LogP contribution is -1.98. The van der Waals surface area contributed by atoms with E-state index in [2.05, 4.69) is 26.2 Å². The molecule has 0 saturated carbocycles. The Labute approximate surface area is 120 Å². The van der Waals surface area contributed by atoms with Gasteiger partial charge in [-0.1, -0.05) is 5.21 Å². The zero-order chi connectivity index (χ0) is 14.3. The molecule has 0 unspecified atom stereocenters. The molecule has 7 heteroatoms. The van der Waals surface area contributed by atoms with Crippen molar-refractivity contribution in [2.75, 3.05) is 0 Å². The van der Waals surface area contributed by atoms with Crippen LogP contribution in [0.5, 0.6) is 0 Å². The number of hydrogen-bond donors (Lipinski definition) is 1. The standard InChI is InChI=1S/C13H7BrFN3O2/c14-9-6-8(2-3-10(9)15)18-12-4-1-7(13(19)20)5-11(12)16-17-18/h1-6H,(H,19,20). The molecule has 20 heavy (non-hydrogen) atoms. The summed E-state index contributed by atoms with van der Waals surface area (Å²) in [6.45, 7) is 0. The Bertz CT molecular complexity index is 832. The topological polar surface area (TPSA) is 68.0 Å². The van der Waals surface area contributed by atoms with Crippen molar-refractivity contribution >= 4 is 32.9 Å². The summed E-state index contributed by atoms with van der Waals surface area (Å²) < 4.78 is 15.1. The fraction of sp³-hybridized carbons (Fsp3) is 0. The van der Waals surface area contributed by atoms with Crippen LogP contribution in [0.4, 0.5) is 4.39 Å². The first-order chi connectivity index (χ1) is 9.56. The first-order valence-electron chi connectivity index (χ1n) is 5.60. The second kappa shape index (κ2) is 4.68. The Hall–Kier alpha value is -2.28. The van der Waals surface area contributed by atoms with Crippen molar-refractivity contribution in [2.45, 2.75) is 0 Å². The smallest absolute Gasteiger partial charge is 0.335 e. The summed E-state index contributed by atoms with van der Waals surface area (Å²) in [5, 5.41) is 16.8. The number of carboxylic acids is 1. The molecule has 0 bridgehead atoms. The highest BCUT2D eigenvalue weighted by Crippen LogP contribution is 2.22. The van der Waals surface area contributed by atoms with Gasteiger partial charge in [0.25, 0.3) is 0 Å². The van der Waals surface area contributed by atoms with E-state index < -0.39 is 5.97 Å². The van der Waals surface area contributed by atoms with Crippen LogP contribution in [0.2, 0.25) is 0 Å². The van der Waals surface area contributed by atoms with Gasteiger partial charge in [0.05, 0.1) is 21.2 Å². The normalized spacial score (nSPS) is 10.9. The van der Waals surface area contributed by atoms with E-state index in [-0.39, 0.29) is 11.4 Å². The zero-order valence-electron chi connectivity index (χ0n) is 9.92. The van der Waals surface area contributed by atoms with E-state index in [0.29, 0.717) is 21.2 Å². The number of carbonyl (C=O) groups is 1. The van der Waals surface area contributed by atoms with Gasteiger partial charge >= 0.3 is 5.97 Å². The van der Waals surface area contributed by atoms with Crippen LogP contribution in [0.1, 0.15) is 10.4 Å². The van der Waals surface area contributed by atoms with Crippen molar-refractivity contribution in [3.05, 3.63) is 52.3 Å². The summed E-state index contributed by atoms with van der Waals surface area (Å²) in [5.41, 5.74) is 1.88. The number of nitrogens with zero attached hydrogens (tertiary/aromatic N) is 3. The second-order valence-electron chi connectivity index (χ2n) is 4.11. The monoisotopic (exact) mass is 335 g/mol. The van der Waals surface area contributed by atoms with Gasteiger partial charge in [0, 0.05) is 0 Å². The first kappa shape index (κ1) is 12.7. The first-order valence-corrected chi connectivity index (χ1v) is 6.40. The van der Waals surface area contributed by atoms with E-state index in [0.717, 1.165) is 0 Å². The molecule has 1 heterocycles. The highest BCUT2D eigenvalue weighted by molar-refractivity contribution is 9.10.